The number of rotatable bonds is 2. The Hall–Kier alpha value is -1.03. The third-order valence-electron chi connectivity index (χ3n) is 2.68. The topological polar surface area (TPSA) is 12.0 Å². The van der Waals surface area contributed by atoms with Crippen LogP contribution in [-0.2, 0) is 5.67 Å². The van der Waals surface area contributed by atoms with Crippen LogP contribution in [0.5, 0.6) is 0 Å². The molecule has 1 fully saturated rings. The Labute approximate surface area is 86.3 Å². The number of hydrogen-bond acceptors (Lipinski definition) is 1. The van der Waals surface area contributed by atoms with Gasteiger partial charge >= 0.3 is 0 Å². The zero-order valence-corrected chi connectivity index (χ0v) is 8.36. The lowest BCUT2D eigenvalue weighted by atomic mass is 9.88. The first kappa shape index (κ1) is 10.5. The van der Waals surface area contributed by atoms with Crippen LogP contribution >= 0.6 is 0 Å². The van der Waals surface area contributed by atoms with Gasteiger partial charge in [0.15, 0.2) is 5.67 Å². The van der Waals surface area contributed by atoms with Crippen molar-refractivity contribution in [2.45, 2.75) is 19.0 Å². The molecule has 0 spiro atoms. The van der Waals surface area contributed by atoms with E-state index >= 15 is 0 Å². The molecule has 0 atom stereocenters. The highest BCUT2D eigenvalue weighted by Crippen LogP contribution is 2.33. The summed E-state index contributed by atoms with van der Waals surface area (Å²) in [7, 11) is 0. The summed E-state index contributed by atoms with van der Waals surface area (Å²) in [5.41, 5.74) is -0.535. The molecule has 0 aromatic heterocycles. The molecule has 82 valence electrons. The number of nitrogens with one attached hydrogen (secondary N) is 1. The summed E-state index contributed by atoms with van der Waals surface area (Å²) in [5.74, 6) is 0. The standard InChI is InChI=1S/C11H12F3N/c1-7-2-8(10(12)13)4-9(3-7)11(14)5-15-6-11/h2-4,10,15H,5-6H2,1H3. The fourth-order valence-corrected chi connectivity index (χ4v) is 1.75. The Morgan fingerprint density at radius 2 is 1.93 bits per heavy atom. The van der Waals surface area contributed by atoms with Crippen LogP contribution in [0.4, 0.5) is 13.2 Å². The van der Waals surface area contributed by atoms with Crippen LogP contribution in [0, 0.1) is 6.92 Å². The van der Waals surface area contributed by atoms with Crippen LogP contribution in [0.2, 0.25) is 0 Å². The van der Waals surface area contributed by atoms with Crippen molar-refractivity contribution in [1.82, 2.24) is 5.32 Å². The van der Waals surface area contributed by atoms with E-state index in [1.54, 1.807) is 13.0 Å². The van der Waals surface area contributed by atoms with Crippen molar-refractivity contribution < 1.29 is 13.2 Å². The van der Waals surface area contributed by atoms with Crippen LogP contribution < -0.4 is 5.32 Å². The minimum Gasteiger partial charge on any atom is -0.310 e. The van der Waals surface area contributed by atoms with Crippen LogP contribution in [-0.4, -0.2) is 13.1 Å². The molecule has 2 rings (SSSR count). The van der Waals surface area contributed by atoms with Crippen molar-refractivity contribution in [3.8, 4) is 0 Å². The maximum absolute atomic E-state index is 14.0. The van der Waals surface area contributed by atoms with Gasteiger partial charge in [0.2, 0.25) is 0 Å². The minimum atomic E-state index is -2.54. The molecule has 1 aromatic carbocycles. The molecule has 1 heterocycles. The molecule has 1 aliphatic heterocycles. The summed E-state index contributed by atoms with van der Waals surface area (Å²) in [6.07, 6.45) is -2.54. The predicted molar refractivity (Wildman–Crippen MR) is 51.8 cm³/mol. The van der Waals surface area contributed by atoms with E-state index in [0.717, 1.165) is 0 Å². The Bertz CT molecular complexity index is 372. The number of hydrogen-bond donors (Lipinski definition) is 1. The molecule has 0 radical (unpaired) electrons. The molecule has 1 saturated heterocycles. The average Bonchev–Trinajstić information content (AvgIpc) is 2.13. The lowest BCUT2D eigenvalue weighted by Crippen LogP contribution is -2.53. The van der Waals surface area contributed by atoms with E-state index in [1.165, 1.54) is 12.1 Å². The largest absolute Gasteiger partial charge is 0.310 e. The van der Waals surface area contributed by atoms with E-state index in [0.29, 0.717) is 11.1 Å². The maximum atomic E-state index is 14.0. The van der Waals surface area contributed by atoms with Gasteiger partial charge in [0, 0.05) is 18.7 Å². The van der Waals surface area contributed by atoms with Crippen LogP contribution in [0.25, 0.3) is 0 Å². The van der Waals surface area contributed by atoms with Gasteiger partial charge in [-0.1, -0.05) is 17.7 Å². The summed E-state index contributed by atoms with van der Waals surface area (Å²) < 4.78 is 39.0. The van der Waals surface area contributed by atoms with Crippen LogP contribution in [0.1, 0.15) is 23.1 Å². The van der Waals surface area contributed by atoms with E-state index in [1.807, 2.05) is 0 Å². The van der Waals surface area contributed by atoms with Gasteiger partial charge in [-0.05, 0) is 18.6 Å². The predicted octanol–water partition coefficient (Wildman–Crippen LogP) is 2.70. The highest BCUT2D eigenvalue weighted by Gasteiger charge is 2.39. The average molecular weight is 215 g/mol. The molecular weight excluding hydrogens is 203 g/mol. The fraction of sp³-hybridized carbons (Fsp3) is 0.455. The van der Waals surface area contributed by atoms with Crippen molar-refractivity contribution in [3.63, 3.8) is 0 Å². The van der Waals surface area contributed by atoms with E-state index < -0.39 is 12.1 Å². The quantitative estimate of drug-likeness (QED) is 0.799. The first-order chi connectivity index (χ1) is 7.01. The lowest BCUT2D eigenvalue weighted by molar-refractivity contribution is 0.0882. The smallest absolute Gasteiger partial charge is 0.263 e. The SMILES string of the molecule is Cc1cc(C(F)F)cc(C2(F)CNC2)c1. The first-order valence-electron chi connectivity index (χ1n) is 4.81. The molecule has 15 heavy (non-hydrogen) atoms. The number of benzene rings is 1. The Morgan fingerprint density at radius 1 is 1.27 bits per heavy atom. The minimum absolute atomic E-state index is 0.103. The number of aryl methyl sites for hydroxylation is 1. The number of halogens is 3. The fourth-order valence-electron chi connectivity index (χ4n) is 1.75. The van der Waals surface area contributed by atoms with Crippen molar-refractivity contribution in [1.29, 1.82) is 0 Å². The van der Waals surface area contributed by atoms with Gasteiger partial charge in [-0.2, -0.15) is 0 Å². The summed E-state index contributed by atoms with van der Waals surface area (Å²) >= 11 is 0. The van der Waals surface area contributed by atoms with Gasteiger partial charge in [0.05, 0.1) is 0 Å². The zero-order valence-electron chi connectivity index (χ0n) is 8.36. The van der Waals surface area contributed by atoms with Crippen molar-refractivity contribution in [2.24, 2.45) is 0 Å². The second-order valence-corrected chi connectivity index (χ2v) is 4.00. The molecule has 1 N–H and O–H groups in total. The Morgan fingerprint density at radius 3 is 2.40 bits per heavy atom. The molecule has 1 aliphatic rings. The van der Waals surface area contributed by atoms with E-state index in [9.17, 15) is 13.2 Å². The lowest BCUT2D eigenvalue weighted by Gasteiger charge is -2.35. The molecule has 0 bridgehead atoms. The van der Waals surface area contributed by atoms with Crippen molar-refractivity contribution in [3.05, 3.63) is 34.9 Å². The Kier molecular flexibility index (Phi) is 2.46. The second-order valence-electron chi connectivity index (χ2n) is 4.00. The summed E-state index contributed by atoms with van der Waals surface area (Å²) in [5, 5.41) is 2.81. The zero-order chi connectivity index (χ0) is 11.1. The molecule has 1 nitrogen and oxygen atoms in total. The van der Waals surface area contributed by atoms with E-state index in [-0.39, 0.29) is 18.7 Å². The number of alkyl halides is 3. The molecule has 0 amide bonds. The van der Waals surface area contributed by atoms with Crippen LogP contribution in [0.15, 0.2) is 18.2 Å². The molecular formula is C11H12F3N. The summed E-state index contributed by atoms with van der Waals surface area (Å²) in [6, 6.07) is 4.29. The van der Waals surface area contributed by atoms with Gasteiger partial charge in [-0.25, -0.2) is 13.2 Å². The Balaban J connectivity index is 2.39. The third-order valence-corrected chi connectivity index (χ3v) is 2.68. The summed E-state index contributed by atoms with van der Waals surface area (Å²) in [6.45, 7) is 2.11. The van der Waals surface area contributed by atoms with E-state index in [2.05, 4.69) is 5.32 Å². The van der Waals surface area contributed by atoms with Gasteiger partial charge in [0.1, 0.15) is 0 Å². The van der Waals surface area contributed by atoms with E-state index in [4.69, 9.17) is 0 Å². The van der Waals surface area contributed by atoms with Crippen molar-refractivity contribution >= 4 is 0 Å². The summed E-state index contributed by atoms with van der Waals surface area (Å²) in [4.78, 5) is 0. The third kappa shape index (κ3) is 1.86. The molecule has 0 aliphatic carbocycles. The normalized spacial score (nSPS) is 19.0. The van der Waals surface area contributed by atoms with Crippen LogP contribution in [0.3, 0.4) is 0 Å². The van der Waals surface area contributed by atoms with Gasteiger partial charge in [-0.15, -0.1) is 0 Å². The van der Waals surface area contributed by atoms with Gasteiger partial charge in [-0.3, -0.25) is 0 Å². The maximum Gasteiger partial charge on any atom is 0.263 e. The highest BCUT2D eigenvalue weighted by molar-refractivity contribution is 5.35. The first-order valence-corrected chi connectivity index (χ1v) is 4.81. The molecule has 0 saturated carbocycles. The molecule has 4 heteroatoms. The molecule has 1 aromatic rings. The van der Waals surface area contributed by atoms with Gasteiger partial charge < -0.3 is 5.32 Å². The van der Waals surface area contributed by atoms with Crippen molar-refractivity contribution in [2.75, 3.05) is 13.1 Å². The second kappa shape index (κ2) is 3.52. The molecule has 0 unspecified atom stereocenters. The van der Waals surface area contributed by atoms with Gasteiger partial charge in [0.25, 0.3) is 6.43 Å². The monoisotopic (exact) mass is 215 g/mol. The highest BCUT2D eigenvalue weighted by atomic mass is 19.3.